The van der Waals surface area contributed by atoms with E-state index in [1.807, 2.05) is 0 Å². The van der Waals surface area contributed by atoms with Crippen LogP contribution in [-0.2, 0) is 15.3 Å². The Morgan fingerprint density at radius 1 is 1.25 bits per heavy atom. The molecule has 0 atom stereocenters. The molecule has 0 amide bonds. The fraction of sp³-hybridized carbons (Fsp3) is 0.571. The molecule has 0 aromatic heterocycles. The summed E-state index contributed by atoms with van der Waals surface area (Å²) >= 11 is 12.0. The molecule has 114 valence electrons. The van der Waals surface area contributed by atoms with E-state index in [1.165, 1.54) is 12.1 Å². The minimum Gasteiger partial charge on any atom is -0.229 e. The lowest BCUT2D eigenvalue weighted by atomic mass is 9.81. The fourth-order valence-corrected chi connectivity index (χ4v) is 3.87. The van der Waals surface area contributed by atoms with Crippen LogP contribution in [0, 0.1) is 5.82 Å². The molecule has 0 heterocycles. The molecule has 0 aliphatic rings. The summed E-state index contributed by atoms with van der Waals surface area (Å²) in [5.41, 5.74) is -0.0888. The van der Waals surface area contributed by atoms with Gasteiger partial charge in [-0.15, -0.1) is 23.2 Å². The van der Waals surface area contributed by atoms with Gasteiger partial charge in [0.2, 0.25) is 0 Å². The predicted molar refractivity (Wildman–Crippen MR) is 83.1 cm³/mol. The Hall–Kier alpha value is -0.320. The van der Waals surface area contributed by atoms with E-state index in [2.05, 4.69) is 0 Å². The Kier molecular flexibility index (Phi) is 6.29. The van der Waals surface area contributed by atoms with E-state index in [0.717, 1.165) is 0 Å². The highest BCUT2D eigenvalue weighted by atomic mass is 35.5. The van der Waals surface area contributed by atoms with E-state index >= 15 is 0 Å². The number of benzene rings is 1. The van der Waals surface area contributed by atoms with Crippen LogP contribution in [0.4, 0.5) is 4.39 Å². The van der Waals surface area contributed by atoms with Crippen molar-refractivity contribution in [3.63, 3.8) is 0 Å². The number of hydrogen-bond donors (Lipinski definition) is 0. The first-order chi connectivity index (χ1) is 9.27. The minimum absolute atomic E-state index is 0.0133. The number of alkyl halides is 2. The molecule has 20 heavy (non-hydrogen) atoms. The maximum Gasteiger partial charge on any atom is 0.152 e. The highest BCUT2D eigenvalue weighted by Crippen LogP contribution is 2.32. The summed E-state index contributed by atoms with van der Waals surface area (Å²) in [6.45, 7) is 3.28. The van der Waals surface area contributed by atoms with Crippen molar-refractivity contribution in [1.82, 2.24) is 0 Å². The lowest BCUT2D eigenvalue weighted by Gasteiger charge is -2.30. The maximum absolute atomic E-state index is 13.4. The lowest BCUT2D eigenvalue weighted by Crippen LogP contribution is -2.34. The SMILES string of the molecule is CC(C)S(=O)(=O)CCC(CCl)(CCl)c1cccc(F)c1. The highest BCUT2D eigenvalue weighted by molar-refractivity contribution is 7.91. The van der Waals surface area contributed by atoms with Gasteiger partial charge in [-0.1, -0.05) is 12.1 Å². The van der Waals surface area contributed by atoms with Crippen LogP contribution in [0.5, 0.6) is 0 Å². The first kappa shape index (κ1) is 17.7. The molecular formula is C14H19Cl2FO2S. The molecule has 1 aromatic rings. The molecule has 1 aromatic carbocycles. The zero-order chi connectivity index (χ0) is 15.4. The van der Waals surface area contributed by atoms with Gasteiger partial charge in [-0.05, 0) is 38.0 Å². The molecule has 0 saturated heterocycles. The van der Waals surface area contributed by atoms with Crippen LogP contribution in [0.3, 0.4) is 0 Å². The summed E-state index contributed by atoms with van der Waals surface area (Å²) in [6, 6.07) is 6.01. The summed E-state index contributed by atoms with van der Waals surface area (Å²) in [7, 11) is -3.18. The van der Waals surface area contributed by atoms with Crippen LogP contribution < -0.4 is 0 Å². The van der Waals surface area contributed by atoms with Gasteiger partial charge < -0.3 is 0 Å². The van der Waals surface area contributed by atoms with Gasteiger partial charge in [-0.2, -0.15) is 0 Å². The number of halogens is 3. The van der Waals surface area contributed by atoms with Crippen LogP contribution in [0.15, 0.2) is 24.3 Å². The van der Waals surface area contributed by atoms with E-state index in [-0.39, 0.29) is 29.8 Å². The molecule has 0 unspecified atom stereocenters. The van der Waals surface area contributed by atoms with Crippen molar-refractivity contribution in [1.29, 1.82) is 0 Å². The Bertz CT molecular complexity index is 540. The molecule has 0 aliphatic carbocycles. The standard InChI is InChI=1S/C14H19Cl2FO2S/c1-11(2)20(18,19)7-6-14(9-15,10-16)12-4-3-5-13(17)8-12/h3-5,8,11H,6-7,9-10H2,1-2H3. The van der Waals surface area contributed by atoms with Crippen molar-refractivity contribution < 1.29 is 12.8 Å². The third-order valence-electron chi connectivity index (χ3n) is 3.53. The van der Waals surface area contributed by atoms with E-state index in [1.54, 1.807) is 26.0 Å². The Balaban J connectivity index is 3.05. The van der Waals surface area contributed by atoms with Crippen LogP contribution in [0.25, 0.3) is 0 Å². The molecule has 0 bridgehead atoms. The van der Waals surface area contributed by atoms with E-state index in [4.69, 9.17) is 23.2 Å². The average molecular weight is 341 g/mol. The number of hydrogen-bond acceptors (Lipinski definition) is 2. The summed E-state index contributed by atoms with van der Waals surface area (Å²) in [5.74, 6) is -0.101. The third kappa shape index (κ3) is 4.09. The molecule has 0 saturated carbocycles. The van der Waals surface area contributed by atoms with Gasteiger partial charge in [0.05, 0.1) is 11.0 Å². The summed E-state index contributed by atoms with van der Waals surface area (Å²) < 4.78 is 37.3. The molecule has 2 nitrogen and oxygen atoms in total. The van der Waals surface area contributed by atoms with Crippen molar-refractivity contribution in [2.75, 3.05) is 17.5 Å². The number of sulfone groups is 1. The zero-order valence-corrected chi connectivity index (χ0v) is 13.9. The second-order valence-electron chi connectivity index (χ2n) is 5.22. The zero-order valence-electron chi connectivity index (χ0n) is 11.6. The molecule has 0 N–H and O–H groups in total. The molecule has 0 aliphatic heterocycles. The largest absolute Gasteiger partial charge is 0.229 e. The second-order valence-corrected chi connectivity index (χ2v) is 8.43. The summed E-state index contributed by atoms with van der Waals surface area (Å²) in [5, 5.41) is -0.446. The second kappa shape index (κ2) is 7.10. The average Bonchev–Trinajstić information content (AvgIpc) is 2.40. The monoisotopic (exact) mass is 340 g/mol. The molecule has 0 radical (unpaired) electrons. The van der Waals surface area contributed by atoms with Gasteiger partial charge in [0.1, 0.15) is 5.82 Å². The van der Waals surface area contributed by atoms with Crippen LogP contribution in [0.2, 0.25) is 0 Å². The quantitative estimate of drug-likeness (QED) is 0.708. The van der Waals surface area contributed by atoms with Gasteiger partial charge in [0.25, 0.3) is 0 Å². The molecule has 0 fully saturated rings. The van der Waals surface area contributed by atoms with Crippen LogP contribution in [-0.4, -0.2) is 31.2 Å². The van der Waals surface area contributed by atoms with Gasteiger partial charge in [0.15, 0.2) is 9.84 Å². The first-order valence-electron chi connectivity index (χ1n) is 6.37. The molecular weight excluding hydrogens is 322 g/mol. The highest BCUT2D eigenvalue weighted by Gasteiger charge is 2.33. The predicted octanol–water partition coefficient (Wildman–Crippen LogP) is 3.75. The Morgan fingerprint density at radius 3 is 2.30 bits per heavy atom. The van der Waals surface area contributed by atoms with Crippen molar-refractivity contribution >= 4 is 33.0 Å². The first-order valence-corrected chi connectivity index (χ1v) is 9.15. The minimum atomic E-state index is -3.18. The Morgan fingerprint density at radius 2 is 1.85 bits per heavy atom. The third-order valence-corrected chi connectivity index (χ3v) is 6.76. The lowest BCUT2D eigenvalue weighted by molar-refractivity contribution is 0.504. The normalized spacial score (nSPS) is 12.9. The van der Waals surface area contributed by atoms with Gasteiger partial charge in [0, 0.05) is 17.2 Å². The van der Waals surface area contributed by atoms with Gasteiger partial charge in [-0.3, -0.25) is 0 Å². The van der Waals surface area contributed by atoms with E-state index < -0.39 is 20.5 Å². The number of rotatable bonds is 7. The van der Waals surface area contributed by atoms with Crippen molar-refractivity contribution in [3.05, 3.63) is 35.6 Å². The summed E-state index contributed by atoms with van der Waals surface area (Å²) in [4.78, 5) is 0. The van der Waals surface area contributed by atoms with Crippen molar-refractivity contribution in [3.8, 4) is 0 Å². The topological polar surface area (TPSA) is 34.1 Å². The molecule has 6 heteroatoms. The van der Waals surface area contributed by atoms with E-state index in [9.17, 15) is 12.8 Å². The van der Waals surface area contributed by atoms with Crippen molar-refractivity contribution in [2.24, 2.45) is 0 Å². The van der Waals surface area contributed by atoms with Crippen LogP contribution in [0.1, 0.15) is 25.8 Å². The van der Waals surface area contributed by atoms with Gasteiger partial charge >= 0.3 is 0 Å². The molecule has 1 rings (SSSR count). The Labute approximate surface area is 130 Å². The summed E-state index contributed by atoms with van der Waals surface area (Å²) in [6.07, 6.45) is 0.282. The van der Waals surface area contributed by atoms with Crippen LogP contribution >= 0.6 is 23.2 Å². The maximum atomic E-state index is 13.4. The molecule has 0 spiro atoms. The van der Waals surface area contributed by atoms with E-state index in [0.29, 0.717) is 5.56 Å². The van der Waals surface area contributed by atoms with Gasteiger partial charge in [-0.25, -0.2) is 12.8 Å². The fourth-order valence-electron chi connectivity index (χ4n) is 1.86. The smallest absolute Gasteiger partial charge is 0.152 e. The van der Waals surface area contributed by atoms with Crippen molar-refractivity contribution in [2.45, 2.75) is 30.9 Å².